The third kappa shape index (κ3) is 5.14. The number of para-hydroxylation sites is 1. The maximum atomic E-state index is 11.4. The van der Waals surface area contributed by atoms with E-state index in [2.05, 4.69) is 0 Å². The van der Waals surface area contributed by atoms with Crippen LogP contribution >= 0.6 is 0 Å². The molecule has 0 heterocycles. The monoisotopic (exact) mass is 244 g/mol. The van der Waals surface area contributed by atoms with E-state index in [1.165, 1.54) is 0 Å². The molecule has 0 aromatic heterocycles. The fourth-order valence-corrected chi connectivity index (χ4v) is 1.76. The van der Waals surface area contributed by atoms with Crippen molar-refractivity contribution in [2.75, 3.05) is 6.61 Å². The third-order valence-electron chi connectivity index (χ3n) is 1.58. The van der Waals surface area contributed by atoms with Crippen molar-refractivity contribution < 1.29 is 16.8 Å². The van der Waals surface area contributed by atoms with Crippen LogP contribution in [0.3, 0.4) is 0 Å². The van der Waals surface area contributed by atoms with Gasteiger partial charge < -0.3 is 4.18 Å². The normalized spacial score (nSPS) is 12.4. The van der Waals surface area contributed by atoms with Crippen molar-refractivity contribution in [3.63, 3.8) is 0 Å². The highest BCUT2D eigenvalue weighted by atomic mass is 32.3. The van der Waals surface area contributed by atoms with E-state index >= 15 is 0 Å². The SMILES string of the molecule is CC(C)(C)COS(=O)(=O)Oc1ccccc1. The zero-order chi connectivity index (χ0) is 12.2. The van der Waals surface area contributed by atoms with Gasteiger partial charge in [-0.2, -0.15) is 8.42 Å². The summed E-state index contributed by atoms with van der Waals surface area (Å²) in [5.74, 6) is 0.247. The lowest BCUT2D eigenvalue weighted by molar-refractivity contribution is 0.184. The first-order chi connectivity index (χ1) is 7.29. The zero-order valence-electron chi connectivity index (χ0n) is 9.64. The minimum atomic E-state index is -3.97. The fraction of sp³-hybridized carbons (Fsp3) is 0.455. The van der Waals surface area contributed by atoms with E-state index < -0.39 is 10.4 Å². The summed E-state index contributed by atoms with van der Waals surface area (Å²) in [5.41, 5.74) is -0.229. The minimum absolute atomic E-state index is 0.0855. The van der Waals surface area contributed by atoms with Gasteiger partial charge in [-0.05, 0) is 17.5 Å². The van der Waals surface area contributed by atoms with Crippen molar-refractivity contribution in [3.8, 4) is 5.75 Å². The molecule has 0 N–H and O–H groups in total. The first-order valence-corrected chi connectivity index (χ1v) is 6.26. The second-order valence-corrected chi connectivity index (χ2v) is 5.85. The Morgan fingerprint density at radius 1 is 1.12 bits per heavy atom. The van der Waals surface area contributed by atoms with Gasteiger partial charge in [-0.25, -0.2) is 4.18 Å². The van der Waals surface area contributed by atoms with Crippen LogP contribution in [0.4, 0.5) is 0 Å². The topological polar surface area (TPSA) is 52.6 Å². The Balaban J connectivity index is 2.60. The van der Waals surface area contributed by atoms with Gasteiger partial charge in [-0.1, -0.05) is 39.0 Å². The lowest BCUT2D eigenvalue weighted by atomic mass is 9.99. The molecule has 0 saturated heterocycles. The van der Waals surface area contributed by atoms with E-state index in [0.29, 0.717) is 0 Å². The van der Waals surface area contributed by atoms with Crippen molar-refractivity contribution in [3.05, 3.63) is 30.3 Å². The summed E-state index contributed by atoms with van der Waals surface area (Å²) in [5, 5.41) is 0. The van der Waals surface area contributed by atoms with Gasteiger partial charge >= 0.3 is 10.4 Å². The second kappa shape index (κ2) is 4.84. The molecule has 1 aromatic carbocycles. The van der Waals surface area contributed by atoms with Gasteiger partial charge in [0.15, 0.2) is 0 Å². The van der Waals surface area contributed by atoms with Crippen LogP contribution in [0.5, 0.6) is 5.75 Å². The van der Waals surface area contributed by atoms with Gasteiger partial charge in [0, 0.05) is 0 Å². The molecule has 4 nitrogen and oxygen atoms in total. The maximum absolute atomic E-state index is 11.4. The van der Waals surface area contributed by atoms with Crippen LogP contribution in [0.15, 0.2) is 30.3 Å². The summed E-state index contributed by atoms with van der Waals surface area (Å²) in [4.78, 5) is 0. The van der Waals surface area contributed by atoms with Crippen molar-refractivity contribution in [2.24, 2.45) is 5.41 Å². The fourth-order valence-electron chi connectivity index (χ4n) is 0.867. The molecule has 0 saturated carbocycles. The Hall–Kier alpha value is -1.07. The van der Waals surface area contributed by atoms with Crippen molar-refractivity contribution >= 4 is 10.4 Å². The Bertz CT molecular complexity index is 417. The van der Waals surface area contributed by atoms with Gasteiger partial charge in [0.25, 0.3) is 0 Å². The van der Waals surface area contributed by atoms with Crippen molar-refractivity contribution in [1.29, 1.82) is 0 Å². The summed E-state index contributed by atoms with van der Waals surface area (Å²) in [7, 11) is -3.97. The molecule has 0 aliphatic rings. The molecule has 0 amide bonds. The standard InChI is InChI=1S/C11H16O4S/c1-11(2,3)9-14-16(12,13)15-10-7-5-4-6-8-10/h4-8H,9H2,1-3H3. The average molecular weight is 244 g/mol. The third-order valence-corrected chi connectivity index (χ3v) is 2.38. The van der Waals surface area contributed by atoms with E-state index in [4.69, 9.17) is 8.37 Å². The van der Waals surface area contributed by atoms with Gasteiger partial charge in [0.2, 0.25) is 0 Å². The molecule has 0 bridgehead atoms. The van der Waals surface area contributed by atoms with Crippen LogP contribution in [-0.4, -0.2) is 15.0 Å². The molecular formula is C11H16O4S. The molecule has 90 valence electrons. The van der Waals surface area contributed by atoms with Gasteiger partial charge in [0.05, 0.1) is 6.61 Å². The van der Waals surface area contributed by atoms with Crippen molar-refractivity contribution in [2.45, 2.75) is 20.8 Å². The Labute approximate surface area is 96.5 Å². The smallest absolute Gasteiger partial charge is 0.362 e. The summed E-state index contributed by atoms with van der Waals surface area (Å²) < 4.78 is 32.3. The van der Waals surface area contributed by atoms with Crippen LogP contribution in [0.1, 0.15) is 20.8 Å². The van der Waals surface area contributed by atoms with E-state index in [1.54, 1.807) is 30.3 Å². The first-order valence-electron chi connectivity index (χ1n) is 4.92. The largest absolute Gasteiger partial charge is 0.449 e. The molecule has 1 rings (SSSR count). The van der Waals surface area contributed by atoms with Crippen LogP contribution in [0.2, 0.25) is 0 Å². The minimum Gasteiger partial charge on any atom is -0.362 e. The maximum Gasteiger partial charge on any atom is 0.449 e. The molecular weight excluding hydrogens is 228 g/mol. The molecule has 0 atom stereocenters. The second-order valence-electron chi connectivity index (χ2n) is 4.63. The summed E-state index contributed by atoms with van der Waals surface area (Å²) >= 11 is 0. The highest BCUT2D eigenvalue weighted by molar-refractivity contribution is 7.82. The van der Waals surface area contributed by atoms with Crippen LogP contribution in [0, 0.1) is 5.41 Å². The van der Waals surface area contributed by atoms with E-state index in [-0.39, 0.29) is 17.8 Å². The lowest BCUT2D eigenvalue weighted by Gasteiger charge is -2.17. The molecule has 0 radical (unpaired) electrons. The number of hydrogen-bond donors (Lipinski definition) is 0. The van der Waals surface area contributed by atoms with E-state index in [0.717, 1.165) is 0 Å². The van der Waals surface area contributed by atoms with Gasteiger partial charge in [-0.15, -0.1) is 0 Å². The van der Waals surface area contributed by atoms with Crippen molar-refractivity contribution in [1.82, 2.24) is 0 Å². The van der Waals surface area contributed by atoms with Crippen LogP contribution in [0.25, 0.3) is 0 Å². The average Bonchev–Trinajstić information content (AvgIpc) is 2.15. The Kier molecular flexibility index (Phi) is 3.93. The summed E-state index contributed by atoms with van der Waals surface area (Å²) in [6.07, 6.45) is 0. The van der Waals surface area contributed by atoms with E-state index in [1.807, 2.05) is 20.8 Å². The van der Waals surface area contributed by atoms with Crippen LogP contribution in [-0.2, 0) is 14.6 Å². The van der Waals surface area contributed by atoms with Crippen LogP contribution < -0.4 is 4.18 Å². The highest BCUT2D eigenvalue weighted by Crippen LogP contribution is 2.17. The van der Waals surface area contributed by atoms with E-state index in [9.17, 15) is 8.42 Å². The Morgan fingerprint density at radius 2 is 1.69 bits per heavy atom. The molecule has 0 aliphatic carbocycles. The first kappa shape index (κ1) is 13.0. The zero-order valence-corrected chi connectivity index (χ0v) is 10.5. The molecule has 5 heteroatoms. The molecule has 16 heavy (non-hydrogen) atoms. The Morgan fingerprint density at radius 3 is 2.19 bits per heavy atom. The summed E-state index contributed by atoms with van der Waals surface area (Å²) in [6, 6.07) is 8.26. The molecule has 0 aliphatic heterocycles. The molecule has 0 fully saturated rings. The predicted molar refractivity (Wildman–Crippen MR) is 61.4 cm³/mol. The lowest BCUT2D eigenvalue weighted by Crippen LogP contribution is -2.21. The molecule has 0 unspecified atom stereocenters. The predicted octanol–water partition coefficient (Wildman–Crippen LogP) is 2.37. The number of benzene rings is 1. The quantitative estimate of drug-likeness (QED) is 0.816. The van der Waals surface area contributed by atoms with Gasteiger partial charge in [-0.3, -0.25) is 0 Å². The molecule has 1 aromatic rings. The van der Waals surface area contributed by atoms with Gasteiger partial charge in [0.1, 0.15) is 5.75 Å². The number of rotatable bonds is 4. The number of hydrogen-bond acceptors (Lipinski definition) is 4. The summed E-state index contributed by atoms with van der Waals surface area (Å²) in [6.45, 7) is 5.73. The molecule has 0 spiro atoms. The highest BCUT2D eigenvalue weighted by Gasteiger charge is 2.19.